The zero-order valence-corrected chi connectivity index (χ0v) is 18.1. The van der Waals surface area contributed by atoms with Crippen molar-refractivity contribution in [1.82, 2.24) is 10.3 Å². The van der Waals surface area contributed by atoms with E-state index >= 15 is 0 Å². The molecule has 1 saturated heterocycles. The number of thioether (sulfide) groups is 1. The summed E-state index contributed by atoms with van der Waals surface area (Å²) in [5, 5.41) is 4.64. The van der Waals surface area contributed by atoms with Gasteiger partial charge in [-0.3, -0.25) is 9.59 Å². The van der Waals surface area contributed by atoms with Crippen LogP contribution in [0.4, 0.5) is 0 Å². The minimum absolute atomic E-state index is 0.0273. The predicted octanol–water partition coefficient (Wildman–Crippen LogP) is 3.97. The highest BCUT2D eigenvalue weighted by Gasteiger charge is 2.16. The first-order valence-electron chi connectivity index (χ1n) is 9.81. The Hall–Kier alpha value is -2.51. The number of hydrogen-bond acceptors (Lipinski definition) is 5. The van der Waals surface area contributed by atoms with Crippen molar-refractivity contribution in [3.8, 4) is 5.75 Å². The second-order valence-electron chi connectivity index (χ2n) is 6.83. The number of carbonyl (C=O) groups is 2. The van der Waals surface area contributed by atoms with Gasteiger partial charge in [-0.15, -0.1) is 11.8 Å². The largest absolute Gasteiger partial charge is 0.484 e. The topological polar surface area (TPSA) is 71.0 Å². The molecular formula is C22H24ClN3O3S. The number of likely N-dealkylation sites (tertiary alicyclic amines) is 1. The molecule has 0 spiro atoms. The second-order valence-corrected chi connectivity index (χ2v) is 8.32. The van der Waals surface area contributed by atoms with E-state index in [1.807, 2.05) is 29.2 Å². The summed E-state index contributed by atoms with van der Waals surface area (Å²) < 4.78 is 5.58. The van der Waals surface area contributed by atoms with Crippen molar-refractivity contribution in [3.05, 3.63) is 59.1 Å². The summed E-state index contributed by atoms with van der Waals surface area (Å²) in [6.07, 6.45) is 4.88. The molecule has 0 aromatic heterocycles. The quantitative estimate of drug-likeness (QED) is 0.379. The molecule has 30 heavy (non-hydrogen) atoms. The molecule has 1 fully saturated rings. The zero-order valence-electron chi connectivity index (χ0n) is 16.6. The Morgan fingerprint density at radius 2 is 1.77 bits per heavy atom. The molecule has 0 saturated carbocycles. The number of nitrogens with zero attached hydrogens (tertiary/aromatic N) is 2. The van der Waals surface area contributed by atoms with Gasteiger partial charge in [0.05, 0.1) is 12.0 Å². The van der Waals surface area contributed by atoms with Crippen molar-refractivity contribution in [3.63, 3.8) is 0 Å². The van der Waals surface area contributed by atoms with Gasteiger partial charge in [0, 0.05) is 23.0 Å². The number of hydrogen-bond donors (Lipinski definition) is 1. The van der Waals surface area contributed by atoms with E-state index in [1.54, 1.807) is 30.5 Å². The predicted molar refractivity (Wildman–Crippen MR) is 120 cm³/mol. The Labute approximate surface area is 185 Å². The van der Waals surface area contributed by atoms with Gasteiger partial charge in [0.25, 0.3) is 5.91 Å². The van der Waals surface area contributed by atoms with Crippen molar-refractivity contribution < 1.29 is 14.3 Å². The number of ether oxygens (including phenoxy) is 1. The Balaban J connectivity index is 1.37. The molecule has 0 atom stereocenters. The maximum atomic E-state index is 12.1. The molecule has 1 heterocycles. The fraction of sp³-hybridized carbons (Fsp3) is 0.318. The molecule has 1 N–H and O–H groups in total. The van der Waals surface area contributed by atoms with E-state index in [9.17, 15) is 9.59 Å². The van der Waals surface area contributed by atoms with Gasteiger partial charge >= 0.3 is 0 Å². The summed E-state index contributed by atoms with van der Waals surface area (Å²) in [7, 11) is 0. The number of halogens is 1. The fourth-order valence-corrected chi connectivity index (χ4v) is 3.74. The molecule has 2 amide bonds. The Bertz CT molecular complexity index is 866. The van der Waals surface area contributed by atoms with Crippen LogP contribution in [0.15, 0.2) is 58.5 Å². The van der Waals surface area contributed by atoms with Crippen LogP contribution >= 0.6 is 23.4 Å². The van der Waals surface area contributed by atoms with Crippen LogP contribution in [0.2, 0.25) is 5.02 Å². The highest BCUT2D eigenvalue weighted by Crippen LogP contribution is 2.20. The molecule has 0 unspecified atom stereocenters. The molecule has 3 rings (SSSR count). The van der Waals surface area contributed by atoms with E-state index < -0.39 is 0 Å². The van der Waals surface area contributed by atoms with Crippen molar-refractivity contribution in [2.24, 2.45) is 5.10 Å². The maximum absolute atomic E-state index is 12.1. The summed E-state index contributed by atoms with van der Waals surface area (Å²) in [4.78, 5) is 26.8. The summed E-state index contributed by atoms with van der Waals surface area (Å²) in [6.45, 7) is 1.69. The summed E-state index contributed by atoms with van der Waals surface area (Å²) in [5.74, 6) is 0.722. The van der Waals surface area contributed by atoms with E-state index in [4.69, 9.17) is 16.3 Å². The van der Waals surface area contributed by atoms with Gasteiger partial charge < -0.3 is 9.64 Å². The average molecular weight is 446 g/mol. The number of rotatable bonds is 8. The third-order valence-corrected chi connectivity index (χ3v) is 5.80. The van der Waals surface area contributed by atoms with Crippen LogP contribution in [-0.2, 0) is 9.59 Å². The zero-order chi connectivity index (χ0) is 21.2. The monoisotopic (exact) mass is 445 g/mol. The number of piperidine rings is 1. The van der Waals surface area contributed by atoms with Crippen molar-refractivity contribution in [1.29, 1.82) is 0 Å². The van der Waals surface area contributed by atoms with Crippen LogP contribution in [0.5, 0.6) is 5.75 Å². The first-order valence-corrected chi connectivity index (χ1v) is 11.2. The second kappa shape index (κ2) is 11.6. The van der Waals surface area contributed by atoms with Crippen LogP contribution in [-0.4, -0.2) is 48.4 Å². The van der Waals surface area contributed by atoms with Crippen molar-refractivity contribution >= 4 is 41.4 Å². The van der Waals surface area contributed by atoms with E-state index in [1.165, 1.54) is 18.2 Å². The molecule has 1 aliphatic rings. The highest BCUT2D eigenvalue weighted by molar-refractivity contribution is 8.00. The molecule has 8 heteroatoms. The van der Waals surface area contributed by atoms with Crippen LogP contribution < -0.4 is 10.2 Å². The Kier molecular flexibility index (Phi) is 8.59. The lowest BCUT2D eigenvalue weighted by Crippen LogP contribution is -2.38. The molecule has 6 nitrogen and oxygen atoms in total. The van der Waals surface area contributed by atoms with Gasteiger partial charge in [0.2, 0.25) is 5.91 Å². The smallest absolute Gasteiger partial charge is 0.260 e. The SMILES string of the molecule is O=C(CSc1ccc(Cl)cc1)N/N=C\c1ccc(OCC(=O)N2CCCCC2)cc1. The van der Waals surface area contributed by atoms with Gasteiger partial charge in [0.1, 0.15) is 5.75 Å². The Morgan fingerprint density at radius 3 is 2.47 bits per heavy atom. The Morgan fingerprint density at radius 1 is 1.07 bits per heavy atom. The first kappa shape index (κ1) is 22.2. The molecule has 0 aliphatic carbocycles. The third kappa shape index (κ3) is 7.39. The van der Waals surface area contributed by atoms with Crippen LogP contribution in [0, 0.1) is 0 Å². The van der Waals surface area contributed by atoms with Gasteiger partial charge in [-0.25, -0.2) is 5.43 Å². The molecule has 158 valence electrons. The number of benzene rings is 2. The minimum atomic E-state index is -0.192. The number of amides is 2. The molecule has 2 aromatic rings. The van der Waals surface area contributed by atoms with Gasteiger partial charge in [-0.2, -0.15) is 5.10 Å². The van der Waals surface area contributed by atoms with E-state index in [2.05, 4.69) is 10.5 Å². The van der Waals surface area contributed by atoms with Crippen LogP contribution in [0.1, 0.15) is 24.8 Å². The number of carbonyl (C=O) groups excluding carboxylic acids is 2. The third-order valence-electron chi connectivity index (χ3n) is 4.54. The fourth-order valence-electron chi connectivity index (χ4n) is 2.92. The summed E-state index contributed by atoms with van der Waals surface area (Å²) in [6, 6.07) is 14.5. The van der Waals surface area contributed by atoms with Gasteiger partial charge in [0.15, 0.2) is 6.61 Å². The normalized spacial score (nSPS) is 14.0. The van der Waals surface area contributed by atoms with Crippen LogP contribution in [0.25, 0.3) is 0 Å². The number of hydrazone groups is 1. The van der Waals surface area contributed by atoms with E-state index in [0.29, 0.717) is 10.8 Å². The van der Waals surface area contributed by atoms with E-state index in [-0.39, 0.29) is 24.2 Å². The van der Waals surface area contributed by atoms with Crippen LogP contribution in [0.3, 0.4) is 0 Å². The highest BCUT2D eigenvalue weighted by atomic mass is 35.5. The number of nitrogens with one attached hydrogen (secondary N) is 1. The lowest BCUT2D eigenvalue weighted by molar-refractivity contribution is -0.134. The van der Waals surface area contributed by atoms with Crippen molar-refractivity contribution in [2.45, 2.75) is 24.2 Å². The molecule has 0 bridgehead atoms. The molecule has 1 aliphatic heterocycles. The molecule has 2 aromatic carbocycles. The summed E-state index contributed by atoms with van der Waals surface area (Å²) >= 11 is 7.25. The lowest BCUT2D eigenvalue weighted by Gasteiger charge is -2.26. The molecular weight excluding hydrogens is 422 g/mol. The van der Waals surface area contributed by atoms with E-state index in [0.717, 1.165) is 36.4 Å². The van der Waals surface area contributed by atoms with Gasteiger partial charge in [-0.05, 0) is 73.4 Å². The standard InChI is InChI=1S/C22H24ClN3O3S/c23-18-6-10-20(11-7-18)30-16-21(27)25-24-14-17-4-8-19(9-5-17)29-15-22(28)26-12-2-1-3-13-26/h4-11,14H,1-3,12-13,15-16H2,(H,25,27)/b24-14-. The first-order chi connectivity index (χ1) is 14.6. The average Bonchev–Trinajstić information content (AvgIpc) is 2.78. The summed E-state index contributed by atoms with van der Waals surface area (Å²) in [5.41, 5.74) is 3.32. The van der Waals surface area contributed by atoms with Gasteiger partial charge in [-0.1, -0.05) is 11.6 Å². The molecule has 0 radical (unpaired) electrons. The maximum Gasteiger partial charge on any atom is 0.260 e. The van der Waals surface area contributed by atoms with Crippen molar-refractivity contribution in [2.75, 3.05) is 25.4 Å². The lowest BCUT2D eigenvalue weighted by atomic mass is 10.1. The minimum Gasteiger partial charge on any atom is -0.484 e.